The van der Waals surface area contributed by atoms with E-state index in [9.17, 15) is 9.59 Å². The Balaban J connectivity index is 1.31. The first-order chi connectivity index (χ1) is 13.6. The number of hydrogen-bond acceptors (Lipinski definition) is 5. The summed E-state index contributed by atoms with van der Waals surface area (Å²) in [6.45, 7) is 1.67. The molecule has 1 heterocycles. The summed E-state index contributed by atoms with van der Waals surface area (Å²) in [5, 5.41) is 14.8. The van der Waals surface area contributed by atoms with E-state index >= 15 is 0 Å². The van der Waals surface area contributed by atoms with Crippen molar-refractivity contribution in [3.05, 3.63) is 66.2 Å². The predicted octanol–water partition coefficient (Wildman–Crippen LogP) is 3.45. The molecular formula is C21H20N4O2S. The molecule has 0 saturated heterocycles. The summed E-state index contributed by atoms with van der Waals surface area (Å²) in [6.07, 6.45) is 0.820. The van der Waals surface area contributed by atoms with Crippen LogP contribution in [0, 0.1) is 5.92 Å². The number of hydrogen-bond donors (Lipinski definition) is 2. The van der Waals surface area contributed by atoms with Crippen LogP contribution in [0.25, 0.3) is 10.6 Å². The van der Waals surface area contributed by atoms with Crippen molar-refractivity contribution in [2.45, 2.75) is 25.3 Å². The molecule has 1 fully saturated rings. The van der Waals surface area contributed by atoms with Gasteiger partial charge in [-0.3, -0.25) is 14.9 Å². The number of carbonyl (C=O) groups excluding carboxylic acids is 2. The minimum Gasteiger partial charge on any atom is -0.344 e. The lowest BCUT2D eigenvalue weighted by Gasteiger charge is -2.12. The van der Waals surface area contributed by atoms with Crippen molar-refractivity contribution in [2.75, 3.05) is 5.32 Å². The van der Waals surface area contributed by atoms with Crippen molar-refractivity contribution in [1.29, 1.82) is 0 Å². The van der Waals surface area contributed by atoms with Crippen LogP contribution >= 0.6 is 11.3 Å². The van der Waals surface area contributed by atoms with Gasteiger partial charge in [-0.05, 0) is 24.8 Å². The van der Waals surface area contributed by atoms with E-state index in [0.29, 0.717) is 5.13 Å². The fourth-order valence-electron chi connectivity index (χ4n) is 3.12. The van der Waals surface area contributed by atoms with Crippen LogP contribution < -0.4 is 10.6 Å². The second kappa shape index (κ2) is 7.90. The van der Waals surface area contributed by atoms with E-state index in [1.807, 2.05) is 60.7 Å². The van der Waals surface area contributed by atoms with Gasteiger partial charge in [0.1, 0.15) is 11.0 Å². The molecule has 0 bridgehead atoms. The lowest BCUT2D eigenvalue weighted by molar-refractivity contribution is -0.127. The zero-order valence-electron chi connectivity index (χ0n) is 15.3. The minimum atomic E-state index is -0.645. The van der Waals surface area contributed by atoms with E-state index in [-0.39, 0.29) is 23.7 Å². The van der Waals surface area contributed by atoms with E-state index in [2.05, 4.69) is 20.8 Å². The Kier molecular flexibility index (Phi) is 5.16. The van der Waals surface area contributed by atoms with Gasteiger partial charge in [0.15, 0.2) is 0 Å². The molecule has 2 N–H and O–H groups in total. The van der Waals surface area contributed by atoms with Crippen molar-refractivity contribution in [1.82, 2.24) is 15.5 Å². The van der Waals surface area contributed by atoms with E-state index in [0.717, 1.165) is 17.0 Å². The number of anilines is 1. The van der Waals surface area contributed by atoms with Crippen molar-refractivity contribution in [3.63, 3.8) is 0 Å². The lowest BCUT2D eigenvalue weighted by atomic mass is 10.1. The van der Waals surface area contributed by atoms with Crippen molar-refractivity contribution < 1.29 is 9.59 Å². The molecule has 3 aromatic rings. The summed E-state index contributed by atoms with van der Waals surface area (Å²) in [7, 11) is 0. The molecule has 0 radical (unpaired) electrons. The standard InChI is InChI=1S/C21H20N4O2S/c1-13(22-19(27)17-12-16(17)14-8-4-2-5-9-14)18(26)23-21-25-24-20(28-21)15-10-6-3-7-11-15/h2-11,13,16-17H,12H2,1H3,(H,22,27)(H,23,25,26)/t13-,16+,17-/m1/s1. The van der Waals surface area contributed by atoms with Gasteiger partial charge < -0.3 is 5.32 Å². The van der Waals surface area contributed by atoms with Crippen LogP contribution in [0.4, 0.5) is 5.13 Å². The van der Waals surface area contributed by atoms with Gasteiger partial charge in [-0.1, -0.05) is 72.0 Å². The molecule has 1 aliphatic rings. The predicted molar refractivity (Wildman–Crippen MR) is 109 cm³/mol. The van der Waals surface area contributed by atoms with E-state index in [1.54, 1.807) is 6.92 Å². The molecular weight excluding hydrogens is 372 g/mol. The highest BCUT2D eigenvalue weighted by Gasteiger charge is 2.44. The molecule has 4 rings (SSSR count). The zero-order valence-corrected chi connectivity index (χ0v) is 16.1. The number of nitrogens with one attached hydrogen (secondary N) is 2. The van der Waals surface area contributed by atoms with Gasteiger partial charge in [-0.15, -0.1) is 10.2 Å². The lowest BCUT2D eigenvalue weighted by Crippen LogP contribution is -2.42. The summed E-state index contributed by atoms with van der Waals surface area (Å²) < 4.78 is 0. The molecule has 0 spiro atoms. The monoisotopic (exact) mass is 392 g/mol. The zero-order chi connectivity index (χ0) is 19.5. The van der Waals surface area contributed by atoms with Gasteiger partial charge in [0.25, 0.3) is 0 Å². The summed E-state index contributed by atoms with van der Waals surface area (Å²) >= 11 is 1.30. The third-order valence-electron chi connectivity index (χ3n) is 4.78. The first-order valence-electron chi connectivity index (χ1n) is 9.17. The molecule has 28 heavy (non-hydrogen) atoms. The highest BCUT2D eigenvalue weighted by atomic mass is 32.1. The summed E-state index contributed by atoms with van der Waals surface area (Å²) in [6, 6.07) is 19.0. The maximum absolute atomic E-state index is 12.4. The van der Waals surface area contributed by atoms with Gasteiger partial charge in [0, 0.05) is 11.5 Å². The second-order valence-electron chi connectivity index (χ2n) is 6.86. The first-order valence-corrected chi connectivity index (χ1v) is 9.98. The summed E-state index contributed by atoms with van der Waals surface area (Å²) in [5.41, 5.74) is 2.12. The van der Waals surface area contributed by atoms with Crippen LogP contribution in [0.5, 0.6) is 0 Å². The van der Waals surface area contributed by atoms with E-state index < -0.39 is 6.04 Å². The topological polar surface area (TPSA) is 84.0 Å². The number of rotatable bonds is 6. The maximum atomic E-state index is 12.4. The van der Waals surface area contributed by atoms with Gasteiger partial charge in [0.05, 0.1) is 0 Å². The number of amides is 2. The average Bonchev–Trinajstić information content (AvgIpc) is 3.41. The molecule has 2 aromatic carbocycles. The van der Waals surface area contributed by atoms with E-state index in [1.165, 1.54) is 16.9 Å². The third kappa shape index (κ3) is 4.09. The normalized spacial score (nSPS) is 18.9. The Hall–Kier alpha value is -3.06. The van der Waals surface area contributed by atoms with Crippen molar-refractivity contribution >= 4 is 28.3 Å². The fourth-order valence-corrected chi connectivity index (χ4v) is 3.88. The van der Waals surface area contributed by atoms with Crippen LogP contribution in [0.3, 0.4) is 0 Å². The van der Waals surface area contributed by atoms with Crippen LogP contribution in [0.2, 0.25) is 0 Å². The average molecular weight is 392 g/mol. The molecule has 1 saturated carbocycles. The Morgan fingerprint density at radius 3 is 2.43 bits per heavy atom. The number of nitrogens with zero attached hydrogens (tertiary/aromatic N) is 2. The number of benzene rings is 2. The molecule has 0 unspecified atom stereocenters. The molecule has 1 aliphatic carbocycles. The van der Waals surface area contributed by atoms with Crippen LogP contribution in [-0.4, -0.2) is 28.1 Å². The Morgan fingerprint density at radius 1 is 1.04 bits per heavy atom. The summed E-state index contributed by atoms with van der Waals surface area (Å²) in [5.74, 6) is -0.211. The van der Waals surface area contributed by atoms with Crippen LogP contribution in [0.1, 0.15) is 24.8 Å². The molecule has 7 heteroatoms. The maximum Gasteiger partial charge on any atom is 0.248 e. The number of carbonyl (C=O) groups is 2. The van der Waals surface area contributed by atoms with Crippen molar-refractivity contribution in [2.24, 2.45) is 5.92 Å². The molecule has 6 nitrogen and oxygen atoms in total. The minimum absolute atomic E-state index is 0.0659. The highest BCUT2D eigenvalue weighted by molar-refractivity contribution is 7.18. The van der Waals surface area contributed by atoms with Crippen LogP contribution in [0.15, 0.2) is 60.7 Å². The Bertz CT molecular complexity index is 974. The highest BCUT2D eigenvalue weighted by Crippen LogP contribution is 2.47. The number of aromatic nitrogens is 2. The smallest absolute Gasteiger partial charge is 0.248 e. The van der Waals surface area contributed by atoms with Crippen molar-refractivity contribution in [3.8, 4) is 10.6 Å². The molecule has 142 valence electrons. The van der Waals surface area contributed by atoms with E-state index in [4.69, 9.17) is 0 Å². The fraction of sp³-hybridized carbons (Fsp3) is 0.238. The largest absolute Gasteiger partial charge is 0.344 e. The molecule has 3 atom stereocenters. The molecule has 2 amide bonds. The summed E-state index contributed by atoms with van der Waals surface area (Å²) in [4.78, 5) is 24.8. The Morgan fingerprint density at radius 2 is 1.71 bits per heavy atom. The Labute approximate surface area is 167 Å². The van der Waals surface area contributed by atoms with Crippen LogP contribution in [-0.2, 0) is 9.59 Å². The SMILES string of the molecule is C[C@@H](NC(=O)[C@@H]1C[C@H]1c1ccccc1)C(=O)Nc1nnc(-c2ccccc2)s1. The third-order valence-corrected chi connectivity index (χ3v) is 5.67. The van der Waals surface area contributed by atoms with Gasteiger partial charge in [-0.2, -0.15) is 0 Å². The quantitative estimate of drug-likeness (QED) is 0.673. The molecule has 0 aliphatic heterocycles. The van der Waals surface area contributed by atoms with Gasteiger partial charge in [0.2, 0.25) is 16.9 Å². The molecule has 1 aromatic heterocycles. The van der Waals surface area contributed by atoms with Gasteiger partial charge >= 0.3 is 0 Å². The second-order valence-corrected chi connectivity index (χ2v) is 7.83. The first kappa shape index (κ1) is 18.3. The van der Waals surface area contributed by atoms with Gasteiger partial charge in [-0.25, -0.2) is 0 Å².